The molecule has 90 valence electrons. The lowest BCUT2D eigenvalue weighted by atomic mass is 9.92. The molecular weight excluding hydrogens is 216 g/mol. The first-order valence-electron chi connectivity index (χ1n) is 5.74. The van der Waals surface area contributed by atoms with E-state index in [1.807, 2.05) is 25.1 Å². The van der Waals surface area contributed by atoms with E-state index in [2.05, 4.69) is 4.98 Å². The van der Waals surface area contributed by atoms with Crippen molar-refractivity contribution in [3.63, 3.8) is 0 Å². The maximum absolute atomic E-state index is 12.1. The molecule has 2 rings (SSSR count). The minimum absolute atomic E-state index is 0.102. The van der Waals surface area contributed by atoms with Gasteiger partial charge in [-0.15, -0.1) is 0 Å². The number of nitrogens with two attached hydrogens (primary N) is 1. The van der Waals surface area contributed by atoms with E-state index in [0.29, 0.717) is 17.5 Å². The molecule has 0 aliphatic carbocycles. The van der Waals surface area contributed by atoms with E-state index >= 15 is 0 Å². The number of benzene rings is 1. The Bertz CT molecular complexity index is 510. The van der Waals surface area contributed by atoms with Crippen molar-refractivity contribution in [3.8, 4) is 0 Å². The number of fused-ring (bicyclic) bond motifs is 1. The van der Waals surface area contributed by atoms with Crippen molar-refractivity contribution >= 4 is 16.9 Å². The largest absolute Gasteiger partial charge is 0.434 e. The van der Waals surface area contributed by atoms with Crippen LogP contribution in [0, 0.1) is 0 Å². The highest BCUT2D eigenvalue weighted by Crippen LogP contribution is 2.20. The van der Waals surface area contributed by atoms with Crippen molar-refractivity contribution in [2.24, 2.45) is 5.73 Å². The van der Waals surface area contributed by atoms with Crippen LogP contribution in [0.4, 0.5) is 0 Å². The van der Waals surface area contributed by atoms with Gasteiger partial charge in [0.1, 0.15) is 5.52 Å². The number of Topliss-reactive ketones (excluding diaryl/α,β-unsaturated/α-hetero) is 1. The van der Waals surface area contributed by atoms with Crippen LogP contribution in [0.15, 0.2) is 28.7 Å². The number of carbonyl (C=O) groups excluding carboxylic acids is 1. The Hall–Kier alpha value is -1.68. The van der Waals surface area contributed by atoms with E-state index in [9.17, 15) is 4.79 Å². The van der Waals surface area contributed by atoms with Gasteiger partial charge in [-0.2, -0.15) is 0 Å². The fourth-order valence-corrected chi connectivity index (χ4v) is 1.85. The predicted octanol–water partition coefficient (Wildman–Crippen LogP) is 2.53. The molecule has 0 aliphatic heterocycles. The van der Waals surface area contributed by atoms with Crippen molar-refractivity contribution in [2.75, 3.05) is 0 Å². The van der Waals surface area contributed by atoms with E-state index in [4.69, 9.17) is 10.2 Å². The summed E-state index contributed by atoms with van der Waals surface area (Å²) >= 11 is 0. The molecule has 2 N–H and O–H groups in total. The Morgan fingerprint density at radius 3 is 2.82 bits per heavy atom. The first-order valence-corrected chi connectivity index (χ1v) is 5.74. The summed E-state index contributed by atoms with van der Waals surface area (Å²) in [5.74, 6) is -0.139. The molecule has 0 bridgehead atoms. The molecule has 0 unspecified atom stereocenters. The summed E-state index contributed by atoms with van der Waals surface area (Å²) in [5.41, 5.74) is 6.37. The molecule has 0 amide bonds. The number of carbonyl (C=O) groups is 1. The van der Waals surface area contributed by atoms with Crippen LogP contribution in [-0.4, -0.2) is 16.3 Å². The number of aromatic nitrogens is 1. The van der Waals surface area contributed by atoms with E-state index in [1.165, 1.54) is 0 Å². The number of nitrogens with zero attached hydrogens (tertiary/aromatic N) is 1. The summed E-state index contributed by atoms with van der Waals surface area (Å²) in [4.78, 5) is 16.3. The second-order valence-electron chi connectivity index (χ2n) is 4.48. The Morgan fingerprint density at radius 2 is 2.18 bits per heavy atom. The summed E-state index contributed by atoms with van der Waals surface area (Å²) in [6, 6.07) is 7.29. The molecule has 0 saturated heterocycles. The molecule has 1 heterocycles. The Kier molecular flexibility index (Phi) is 2.98. The fraction of sp³-hybridized carbons (Fsp3) is 0.385. The van der Waals surface area contributed by atoms with Gasteiger partial charge in [0, 0.05) is 0 Å². The highest BCUT2D eigenvalue weighted by atomic mass is 16.4. The summed E-state index contributed by atoms with van der Waals surface area (Å²) in [6.45, 7) is 3.71. The molecule has 0 fully saturated rings. The molecule has 4 heteroatoms. The minimum Gasteiger partial charge on any atom is -0.434 e. The van der Waals surface area contributed by atoms with Crippen molar-refractivity contribution in [3.05, 3.63) is 30.2 Å². The third kappa shape index (κ3) is 2.22. The van der Waals surface area contributed by atoms with Crippen molar-refractivity contribution in [1.82, 2.24) is 4.98 Å². The molecule has 4 nitrogen and oxygen atoms in total. The van der Waals surface area contributed by atoms with Crippen LogP contribution in [0.3, 0.4) is 0 Å². The SMILES string of the molecule is CCC[C@](C)(N)C(=O)c1nc2ccccc2o1. The van der Waals surface area contributed by atoms with Crippen LogP contribution in [0.2, 0.25) is 0 Å². The predicted molar refractivity (Wildman–Crippen MR) is 65.8 cm³/mol. The van der Waals surface area contributed by atoms with Gasteiger partial charge in [0.05, 0.1) is 5.54 Å². The van der Waals surface area contributed by atoms with Crippen molar-refractivity contribution < 1.29 is 9.21 Å². The van der Waals surface area contributed by atoms with Gasteiger partial charge in [-0.1, -0.05) is 25.5 Å². The standard InChI is InChI=1S/C13H16N2O2/c1-3-8-13(2,14)11(16)12-15-9-6-4-5-7-10(9)17-12/h4-7H,3,8,14H2,1-2H3/t13-/m0/s1. The minimum atomic E-state index is -0.907. The van der Waals surface area contributed by atoms with Gasteiger partial charge < -0.3 is 10.2 Å². The fourth-order valence-electron chi connectivity index (χ4n) is 1.85. The average molecular weight is 232 g/mol. The quantitative estimate of drug-likeness (QED) is 0.822. The van der Waals surface area contributed by atoms with E-state index in [1.54, 1.807) is 13.0 Å². The van der Waals surface area contributed by atoms with Crippen molar-refractivity contribution in [2.45, 2.75) is 32.2 Å². The van der Waals surface area contributed by atoms with Crippen LogP contribution in [-0.2, 0) is 0 Å². The molecule has 17 heavy (non-hydrogen) atoms. The number of hydrogen-bond acceptors (Lipinski definition) is 4. The van der Waals surface area contributed by atoms with Gasteiger partial charge in [0.2, 0.25) is 5.78 Å². The molecule has 0 aliphatic rings. The summed E-state index contributed by atoms with van der Waals surface area (Å²) in [7, 11) is 0. The molecule has 0 radical (unpaired) electrons. The molecular formula is C13H16N2O2. The molecule has 1 aromatic heterocycles. The number of hydrogen-bond donors (Lipinski definition) is 1. The molecule has 2 aromatic rings. The maximum atomic E-state index is 12.1. The van der Waals surface area contributed by atoms with Gasteiger partial charge in [-0.05, 0) is 25.5 Å². The molecule has 1 aromatic carbocycles. The lowest BCUT2D eigenvalue weighted by Gasteiger charge is -2.19. The van der Waals surface area contributed by atoms with E-state index in [-0.39, 0.29) is 11.7 Å². The van der Waals surface area contributed by atoms with Gasteiger partial charge in [0.15, 0.2) is 5.58 Å². The van der Waals surface area contributed by atoms with Crippen LogP contribution in [0.1, 0.15) is 37.4 Å². The molecule has 0 saturated carbocycles. The summed E-state index contributed by atoms with van der Waals surface area (Å²) < 4.78 is 5.42. The van der Waals surface area contributed by atoms with Crippen LogP contribution >= 0.6 is 0 Å². The molecule has 0 spiro atoms. The third-order valence-corrected chi connectivity index (χ3v) is 2.78. The zero-order valence-corrected chi connectivity index (χ0v) is 10.1. The van der Waals surface area contributed by atoms with E-state index < -0.39 is 5.54 Å². The van der Waals surface area contributed by atoms with Gasteiger partial charge >= 0.3 is 0 Å². The average Bonchev–Trinajstić information content (AvgIpc) is 2.71. The monoisotopic (exact) mass is 232 g/mol. The van der Waals surface area contributed by atoms with Crippen LogP contribution < -0.4 is 5.73 Å². The third-order valence-electron chi connectivity index (χ3n) is 2.78. The maximum Gasteiger partial charge on any atom is 0.266 e. The van der Waals surface area contributed by atoms with Gasteiger partial charge in [-0.3, -0.25) is 4.79 Å². The number of oxazole rings is 1. The Balaban J connectivity index is 2.37. The number of para-hydroxylation sites is 2. The smallest absolute Gasteiger partial charge is 0.266 e. The second kappa shape index (κ2) is 4.30. The number of rotatable bonds is 4. The Morgan fingerprint density at radius 1 is 1.47 bits per heavy atom. The topological polar surface area (TPSA) is 69.1 Å². The lowest BCUT2D eigenvalue weighted by molar-refractivity contribution is 0.0859. The first-order chi connectivity index (χ1) is 8.04. The normalized spacial score (nSPS) is 14.8. The summed E-state index contributed by atoms with van der Waals surface area (Å²) in [5, 5.41) is 0. The first kappa shape index (κ1) is 11.8. The lowest BCUT2D eigenvalue weighted by Crippen LogP contribution is -2.44. The highest BCUT2D eigenvalue weighted by Gasteiger charge is 2.32. The second-order valence-corrected chi connectivity index (χ2v) is 4.48. The zero-order valence-electron chi connectivity index (χ0n) is 10.1. The number of ketones is 1. The van der Waals surface area contributed by atoms with E-state index in [0.717, 1.165) is 6.42 Å². The van der Waals surface area contributed by atoms with Crippen molar-refractivity contribution in [1.29, 1.82) is 0 Å². The molecule has 1 atom stereocenters. The Labute approximate surface area is 99.8 Å². The zero-order chi connectivity index (χ0) is 12.5. The van der Waals surface area contributed by atoms with Gasteiger partial charge in [0.25, 0.3) is 5.89 Å². The van der Waals surface area contributed by atoms with Gasteiger partial charge in [-0.25, -0.2) is 4.98 Å². The highest BCUT2D eigenvalue weighted by molar-refractivity contribution is 6.00. The van der Waals surface area contributed by atoms with Crippen LogP contribution in [0.25, 0.3) is 11.1 Å². The van der Waals surface area contributed by atoms with Crippen LogP contribution in [0.5, 0.6) is 0 Å². The summed E-state index contributed by atoms with van der Waals surface area (Å²) in [6.07, 6.45) is 1.46.